The predicted molar refractivity (Wildman–Crippen MR) is 105 cm³/mol. The summed E-state index contributed by atoms with van der Waals surface area (Å²) >= 11 is 0. The van der Waals surface area contributed by atoms with E-state index in [-0.39, 0.29) is 16.5 Å². The van der Waals surface area contributed by atoms with Gasteiger partial charge in [0.2, 0.25) is 11.8 Å². The largest absolute Gasteiger partial charge is 0.418 e. The van der Waals surface area contributed by atoms with Crippen molar-refractivity contribution in [3.8, 4) is 0 Å². The highest BCUT2D eigenvalue weighted by Gasteiger charge is 2.35. The number of amides is 2. The van der Waals surface area contributed by atoms with Crippen molar-refractivity contribution in [2.24, 2.45) is 0 Å². The number of nitrogens with one attached hydrogen (secondary N) is 2. The van der Waals surface area contributed by atoms with E-state index < -0.39 is 33.4 Å². The molecular formula is C19H18F3N3O4S. The van der Waals surface area contributed by atoms with E-state index in [1.165, 1.54) is 29.2 Å². The van der Waals surface area contributed by atoms with E-state index in [1.807, 2.05) is 4.72 Å². The van der Waals surface area contributed by atoms with E-state index in [2.05, 4.69) is 5.32 Å². The normalized spacial score (nSPS) is 14.7. The molecule has 0 atom stereocenters. The molecule has 3 rings (SSSR count). The van der Waals surface area contributed by atoms with Gasteiger partial charge in [-0.1, -0.05) is 0 Å². The fourth-order valence-electron chi connectivity index (χ4n) is 3.08. The lowest BCUT2D eigenvalue weighted by Crippen LogP contribution is -2.23. The quantitative estimate of drug-likeness (QED) is 0.741. The maximum Gasteiger partial charge on any atom is 0.418 e. The van der Waals surface area contributed by atoms with Crippen LogP contribution in [0.4, 0.5) is 30.2 Å². The van der Waals surface area contributed by atoms with Crippen molar-refractivity contribution in [2.45, 2.75) is 30.8 Å². The van der Waals surface area contributed by atoms with E-state index in [0.29, 0.717) is 31.1 Å². The molecule has 7 nitrogen and oxygen atoms in total. The molecule has 2 N–H and O–H groups in total. The van der Waals surface area contributed by atoms with Crippen molar-refractivity contribution < 1.29 is 31.2 Å². The van der Waals surface area contributed by atoms with E-state index in [1.54, 1.807) is 0 Å². The van der Waals surface area contributed by atoms with E-state index >= 15 is 0 Å². The summed E-state index contributed by atoms with van der Waals surface area (Å²) in [5, 5.41) is 2.23. The Kier molecular flexibility index (Phi) is 5.75. The van der Waals surface area contributed by atoms with Crippen LogP contribution in [-0.4, -0.2) is 26.8 Å². The number of alkyl halides is 3. The number of sulfonamides is 1. The summed E-state index contributed by atoms with van der Waals surface area (Å²) in [7, 11) is -4.33. The number of carbonyl (C=O) groups excluding carboxylic acids is 2. The molecule has 0 radical (unpaired) electrons. The lowest BCUT2D eigenvalue weighted by molar-refractivity contribution is -0.137. The lowest BCUT2D eigenvalue weighted by Gasteiger charge is -2.18. The summed E-state index contributed by atoms with van der Waals surface area (Å²) in [5.41, 5.74) is -1.50. The monoisotopic (exact) mass is 441 g/mol. The third-order valence-corrected chi connectivity index (χ3v) is 5.80. The van der Waals surface area contributed by atoms with Crippen LogP contribution in [0.2, 0.25) is 0 Å². The first-order valence-electron chi connectivity index (χ1n) is 8.89. The van der Waals surface area contributed by atoms with Gasteiger partial charge in [0.25, 0.3) is 10.0 Å². The molecular weight excluding hydrogens is 423 g/mol. The average molecular weight is 441 g/mol. The topological polar surface area (TPSA) is 95.6 Å². The van der Waals surface area contributed by atoms with Crippen LogP contribution in [0.3, 0.4) is 0 Å². The fourth-order valence-corrected chi connectivity index (χ4v) is 4.16. The van der Waals surface area contributed by atoms with Gasteiger partial charge in [-0.25, -0.2) is 8.42 Å². The molecule has 1 fully saturated rings. The number of rotatable bonds is 5. The molecule has 2 aromatic rings. The number of halogens is 3. The minimum atomic E-state index is -4.85. The minimum absolute atomic E-state index is 0.0715. The SMILES string of the molecule is CC(=O)Nc1ccc(NS(=O)(=O)c2ccc(N3CCCC3=O)cc2)c(C(F)(F)F)c1. The van der Waals surface area contributed by atoms with Crippen LogP contribution in [0, 0.1) is 0 Å². The van der Waals surface area contributed by atoms with Gasteiger partial charge < -0.3 is 10.2 Å². The van der Waals surface area contributed by atoms with Gasteiger partial charge in [-0.05, 0) is 48.9 Å². The molecule has 0 unspecified atom stereocenters. The Bertz CT molecular complexity index is 1080. The fraction of sp³-hybridized carbons (Fsp3) is 0.263. The van der Waals surface area contributed by atoms with Gasteiger partial charge in [0.05, 0.1) is 16.1 Å². The van der Waals surface area contributed by atoms with E-state index in [0.717, 1.165) is 19.1 Å². The molecule has 0 aromatic heterocycles. The molecule has 1 aliphatic rings. The third-order valence-electron chi connectivity index (χ3n) is 4.42. The average Bonchev–Trinajstić information content (AvgIpc) is 3.07. The Balaban J connectivity index is 1.89. The zero-order chi connectivity index (χ0) is 22.1. The number of hydrogen-bond donors (Lipinski definition) is 2. The van der Waals surface area contributed by atoms with Crippen LogP contribution in [0.1, 0.15) is 25.3 Å². The first kappa shape index (κ1) is 21.6. The molecule has 0 spiro atoms. The number of benzene rings is 2. The first-order chi connectivity index (χ1) is 14.0. The highest BCUT2D eigenvalue weighted by molar-refractivity contribution is 7.92. The van der Waals surface area contributed by atoms with Crippen LogP contribution in [0.25, 0.3) is 0 Å². The number of carbonyl (C=O) groups is 2. The summed E-state index contributed by atoms with van der Waals surface area (Å²) in [6, 6.07) is 8.07. The van der Waals surface area contributed by atoms with Crippen LogP contribution < -0.4 is 14.9 Å². The molecule has 0 bridgehead atoms. The predicted octanol–water partition coefficient (Wildman–Crippen LogP) is 3.59. The number of anilines is 3. The molecule has 1 saturated heterocycles. The summed E-state index contributed by atoms with van der Waals surface area (Å²) in [4.78, 5) is 24.1. The molecule has 0 aliphatic carbocycles. The maximum absolute atomic E-state index is 13.4. The molecule has 2 aromatic carbocycles. The van der Waals surface area contributed by atoms with Gasteiger partial charge in [-0.3, -0.25) is 14.3 Å². The van der Waals surface area contributed by atoms with Gasteiger partial charge >= 0.3 is 6.18 Å². The Labute approximate surface area is 170 Å². The van der Waals surface area contributed by atoms with Gasteiger partial charge in [0.15, 0.2) is 0 Å². The lowest BCUT2D eigenvalue weighted by atomic mass is 10.1. The molecule has 1 heterocycles. The van der Waals surface area contributed by atoms with Gasteiger partial charge in [0, 0.05) is 31.3 Å². The van der Waals surface area contributed by atoms with Crippen LogP contribution >= 0.6 is 0 Å². The van der Waals surface area contributed by atoms with Crippen molar-refractivity contribution >= 4 is 38.9 Å². The number of nitrogens with zero attached hydrogens (tertiary/aromatic N) is 1. The number of hydrogen-bond acceptors (Lipinski definition) is 4. The maximum atomic E-state index is 13.4. The van der Waals surface area contributed by atoms with Crippen molar-refractivity contribution in [1.29, 1.82) is 0 Å². The highest BCUT2D eigenvalue weighted by Crippen LogP contribution is 2.37. The molecule has 1 aliphatic heterocycles. The van der Waals surface area contributed by atoms with Crippen LogP contribution in [0.5, 0.6) is 0 Å². The second-order valence-electron chi connectivity index (χ2n) is 6.69. The Hall–Kier alpha value is -3.08. The Morgan fingerprint density at radius 3 is 2.30 bits per heavy atom. The summed E-state index contributed by atoms with van der Waals surface area (Å²) in [5.74, 6) is -0.633. The summed E-state index contributed by atoms with van der Waals surface area (Å²) in [6.45, 7) is 1.67. The zero-order valence-electron chi connectivity index (χ0n) is 15.8. The van der Waals surface area contributed by atoms with Crippen molar-refractivity contribution in [3.63, 3.8) is 0 Å². The van der Waals surface area contributed by atoms with Gasteiger partial charge in [-0.15, -0.1) is 0 Å². The second kappa shape index (κ2) is 7.98. The van der Waals surface area contributed by atoms with Crippen molar-refractivity contribution in [3.05, 3.63) is 48.0 Å². The highest BCUT2D eigenvalue weighted by atomic mass is 32.2. The molecule has 160 valence electrons. The molecule has 11 heteroatoms. The van der Waals surface area contributed by atoms with Crippen molar-refractivity contribution in [2.75, 3.05) is 21.5 Å². The first-order valence-corrected chi connectivity index (χ1v) is 10.4. The zero-order valence-corrected chi connectivity index (χ0v) is 16.6. The molecule has 30 heavy (non-hydrogen) atoms. The van der Waals surface area contributed by atoms with Crippen LogP contribution in [0.15, 0.2) is 47.4 Å². The van der Waals surface area contributed by atoms with E-state index in [4.69, 9.17) is 0 Å². The Morgan fingerprint density at radius 1 is 1.10 bits per heavy atom. The van der Waals surface area contributed by atoms with Gasteiger partial charge in [0.1, 0.15) is 0 Å². The molecule has 0 saturated carbocycles. The Morgan fingerprint density at radius 2 is 1.77 bits per heavy atom. The molecule has 2 amide bonds. The summed E-state index contributed by atoms with van der Waals surface area (Å²) in [6.07, 6.45) is -3.74. The van der Waals surface area contributed by atoms with Gasteiger partial charge in [-0.2, -0.15) is 13.2 Å². The third kappa shape index (κ3) is 4.73. The second-order valence-corrected chi connectivity index (χ2v) is 8.37. The van der Waals surface area contributed by atoms with E-state index in [9.17, 15) is 31.2 Å². The smallest absolute Gasteiger partial charge is 0.326 e. The van der Waals surface area contributed by atoms with Crippen molar-refractivity contribution in [1.82, 2.24) is 0 Å². The standard InChI is InChI=1S/C19H18F3N3O4S/c1-12(26)23-13-4-9-17(16(11-13)19(20,21)22)24-30(28,29)15-7-5-14(6-8-15)25-10-2-3-18(25)27/h4-9,11,24H,2-3,10H2,1H3,(H,23,26). The summed E-state index contributed by atoms with van der Waals surface area (Å²) < 4.78 is 67.4. The van der Waals surface area contributed by atoms with Crippen LogP contribution in [-0.2, 0) is 25.8 Å². The minimum Gasteiger partial charge on any atom is -0.326 e.